The quantitative estimate of drug-likeness (QED) is 0.299. The van der Waals surface area contributed by atoms with Gasteiger partial charge >= 0.3 is 0 Å². The molecule has 0 radical (unpaired) electrons. The predicted octanol–water partition coefficient (Wildman–Crippen LogP) is 5.99. The topological polar surface area (TPSA) is 76.6 Å². The van der Waals surface area contributed by atoms with Crippen molar-refractivity contribution < 1.29 is 18.7 Å². The molecule has 3 aromatic carbocycles. The van der Waals surface area contributed by atoms with E-state index >= 15 is 0 Å². The van der Waals surface area contributed by atoms with Crippen molar-refractivity contribution in [3.05, 3.63) is 83.4 Å². The molecule has 36 heavy (non-hydrogen) atoms. The van der Waals surface area contributed by atoms with Crippen molar-refractivity contribution in [2.24, 2.45) is 0 Å². The number of fused-ring (bicyclic) bond motifs is 1. The number of hydrogen-bond donors (Lipinski definition) is 1. The van der Waals surface area contributed by atoms with Gasteiger partial charge in [-0.05, 0) is 55.0 Å². The first-order chi connectivity index (χ1) is 17.3. The van der Waals surface area contributed by atoms with Crippen LogP contribution >= 0.6 is 11.6 Å². The minimum Gasteiger partial charge on any atom is -0.488 e. The van der Waals surface area contributed by atoms with Crippen molar-refractivity contribution >= 4 is 39.9 Å². The van der Waals surface area contributed by atoms with Gasteiger partial charge in [-0.1, -0.05) is 29.8 Å². The fourth-order valence-corrected chi connectivity index (χ4v) is 3.90. The first kappa shape index (κ1) is 25.2. The Balaban J connectivity index is 1.53. The summed E-state index contributed by atoms with van der Waals surface area (Å²) in [5, 5.41) is 4.39. The highest BCUT2D eigenvalue weighted by atomic mass is 35.5. The number of rotatable bonds is 9. The number of ether oxygens (including phenoxy) is 2. The molecule has 0 aliphatic carbocycles. The van der Waals surface area contributed by atoms with Crippen LogP contribution in [0.1, 0.15) is 19.4 Å². The molecule has 1 amide bonds. The molecule has 1 heterocycles. The second-order valence-electron chi connectivity index (χ2n) is 8.39. The third kappa shape index (κ3) is 6.20. The SMILES string of the molecule is CC(=O)N(C)C[C@@H](C)Oc1cccc2ncnc(Nc3ccc(OCc4cccc(F)c4)c(Cl)c3)c12. The maximum absolute atomic E-state index is 13.4. The molecule has 0 saturated heterocycles. The van der Waals surface area contributed by atoms with E-state index in [0.717, 1.165) is 0 Å². The lowest BCUT2D eigenvalue weighted by Gasteiger charge is -2.22. The Morgan fingerprint density at radius 1 is 1.11 bits per heavy atom. The zero-order valence-corrected chi connectivity index (χ0v) is 20.9. The van der Waals surface area contributed by atoms with Crippen LogP contribution in [0.15, 0.2) is 67.0 Å². The number of carbonyl (C=O) groups excluding carboxylic acids is 1. The molecule has 0 saturated carbocycles. The van der Waals surface area contributed by atoms with Crippen LogP contribution in [0.25, 0.3) is 10.9 Å². The van der Waals surface area contributed by atoms with Crippen LogP contribution in [0.3, 0.4) is 0 Å². The molecular weight excluding hydrogens is 483 g/mol. The summed E-state index contributed by atoms with van der Waals surface area (Å²) in [5.74, 6) is 1.27. The minimum absolute atomic E-state index is 0.0331. The van der Waals surface area contributed by atoms with E-state index in [1.54, 1.807) is 36.2 Å². The molecule has 9 heteroatoms. The van der Waals surface area contributed by atoms with Gasteiger partial charge in [0.15, 0.2) is 0 Å². The van der Waals surface area contributed by atoms with Crippen LogP contribution in [0.4, 0.5) is 15.9 Å². The van der Waals surface area contributed by atoms with Crippen LogP contribution in [-0.2, 0) is 11.4 Å². The van der Waals surface area contributed by atoms with Gasteiger partial charge in [0.2, 0.25) is 5.91 Å². The smallest absolute Gasteiger partial charge is 0.219 e. The molecule has 186 valence electrons. The molecule has 0 unspecified atom stereocenters. The van der Waals surface area contributed by atoms with E-state index in [2.05, 4.69) is 15.3 Å². The van der Waals surface area contributed by atoms with E-state index in [9.17, 15) is 9.18 Å². The van der Waals surface area contributed by atoms with Gasteiger partial charge < -0.3 is 19.7 Å². The number of hydrogen-bond acceptors (Lipinski definition) is 6. The normalized spacial score (nSPS) is 11.7. The standard InChI is InChI=1S/C27H26ClFN4O3/c1-17(14-33(3)18(2)34)36-25-9-5-8-23-26(25)27(31-16-30-23)32-21-10-11-24(22(28)13-21)35-15-19-6-4-7-20(29)12-19/h4-13,16-17H,14-15H2,1-3H3,(H,30,31,32)/t17-/m1/s1. The van der Waals surface area contributed by atoms with E-state index in [1.807, 2.05) is 31.2 Å². The van der Waals surface area contributed by atoms with Crippen LogP contribution in [0.5, 0.6) is 11.5 Å². The van der Waals surface area contributed by atoms with Gasteiger partial charge in [0.1, 0.15) is 42.2 Å². The lowest BCUT2D eigenvalue weighted by Crippen LogP contribution is -2.34. The molecule has 7 nitrogen and oxygen atoms in total. The number of likely N-dealkylation sites (N-methyl/N-ethyl adjacent to an activating group) is 1. The van der Waals surface area contributed by atoms with Gasteiger partial charge in [0.25, 0.3) is 0 Å². The number of halogens is 2. The second-order valence-corrected chi connectivity index (χ2v) is 8.80. The fourth-order valence-electron chi connectivity index (χ4n) is 3.66. The van der Waals surface area contributed by atoms with Crippen LogP contribution in [-0.4, -0.2) is 40.5 Å². The van der Waals surface area contributed by atoms with Crippen molar-refractivity contribution in [2.45, 2.75) is 26.6 Å². The Kier molecular flexibility index (Phi) is 7.85. The predicted molar refractivity (Wildman–Crippen MR) is 138 cm³/mol. The van der Waals surface area contributed by atoms with Gasteiger partial charge in [0, 0.05) is 19.7 Å². The summed E-state index contributed by atoms with van der Waals surface area (Å²) in [4.78, 5) is 22.0. The molecule has 1 aromatic heterocycles. The molecule has 4 rings (SSSR count). The number of amides is 1. The first-order valence-corrected chi connectivity index (χ1v) is 11.7. The van der Waals surface area contributed by atoms with E-state index in [-0.39, 0.29) is 24.4 Å². The molecule has 0 spiro atoms. The van der Waals surface area contributed by atoms with Crippen molar-refractivity contribution in [2.75, 3.05) is 18.9 Å². The fraction of sp³-hybridized carbons (Fsp3) is 0.222. The van der Waals surface area contributed by atoms with E-state index < -0.39 is 0 Å². The highest BCUT2D eigenvalue weighted by molar-refractivity contribution is 6.32. The maximum atomic E-state index is 13.4. The number of anilines is 2. The number of nitrogens with zero attached hydrogens (tertiary/aromatic N) is 3. The van der Waals surface area contributed by atoms with Gasteiger partial charge in [-0.15, -0.1) is 0 Å². The molecule has 4 aromatic rings. The molecule has 1 atom stereocenters. The summed E-state index contributed by atoms with van der Waals surface area (Å²) in [6, 6.07) is 17.1. The zero-order valence-electron chi connectivity index (χ0n) is 20.2. The monoisotopic (exact) mass is 508 g/mol. The highest BCUT2D eigenvalue weighted by Crippen LogP contribution is 2.34. The average molecular weight is 509 g/mol. The Bertz CT molecular complexity index is 1380. The molecule has 0 aliphatic heterocycles. The van der Waals surface area contributed by atoms with Crippen molar-refractivity contribution in [3.8, 4) is 11.5 Å². The van der Waals surface area contributed by atoms with Crippen molar-refractivity contribution in [1.29, 1.82) is 0 Å². The second kappa shape index (κ2) is 11.2. The number of benzene rings is 3. The van der Waals surface area contributed by atoms with E-state index in [0.29, 0.717) is 51.0 Å². The third-order valence-corrected chi connectivity index (χ3v) is 5.79. The summed E-state index contributed by atoms with van der Waals surface area (Å²) < 4.78 is 25.3. The molecular formula is C27H26ClFN4O3. The zero-order chi connectivity index (χ0) is 25.7. The van der Waals surface area contributed by atoms with Gasteiger partial charge in [-0.25, -0.2) is 14.4 Å². The Morgan fingerprint density at radius 2 is 1.92 bits per heavy atom. The maximum Gasteiger partial charge on any atom is 0.219 e. The first-order valence-electron chi connectivity index (χ1n) is 11.4. The molecule has 0 fully saturated rings. The van der Waals surface area contributed by atoms with Crippen molar-refractivity contribution in [3.63, 3.8) is 0 Å². The summed E-state index contributed by atoms with van der Waals surface area (Å²) in [5.41, 5.74) is 2.10. The Labute approximate surface area is 213 Å². The summed E-state index contributed by atoms with van der Waals surface area (Å²) in [7, 11) is 1.73. The number of aromatic nitrogens is 2. The molecule has 1 N–H and O–H groups in total. The average Bonchev–Trinajstić information content (AvgIpc) is 2.83. The Morgan fingerprint density at radius 3 is 2.67 bits per heavy atom. The van der Waals surface area contributed by atoms with Crippen molar-refractivity contribution in [1.82, 2.24) is 14.9 Å². The summed E-state index contributed by atoms with van der Waals surface area (Å²) >= 11 is 6.46. The Hall–Kier alpha value is -3.91. The van der Waals surface area contributed by atoms with Crippen LogP contribution in [0.2, 0.25) is 5.02 Å². The lowest BCUT2D eigenvalue weighted by atomic mass is 10.2. The highest BCUT2D eigenvalue weighted by Gasteiger charge is 2.15. The van der Waals surface area contributed by atoms with Gasteiger partial charge in [0.05, 0.1) is 22.5 Å². The van der Waals surface area contributed by atoms with Gasteiger partial charge in [-0.3, -0.25) is 4.79 Å². The summed E-state index contributed by atoms with van der Waals surface area (Å²) in [6.45, 7) is 4.05. The lowest BCUT2D eigenvalue weighted by molar-refractivity contribution is -0.128. The molecule has 0 aliphatic rings. The van der Waals surface area contributed by atoms with E-state index in [4.69, 9.17) is 21.1 Å². The van der Waals surface area contributed by atoms with Gasteiger partial charge in [-0.2, -0.15) is 0 Å². The molecule has 0 bridgehead atoms. The van der Waals surface area contributed by atoms with Crippen LogP contribution < -0.4 is 14.8 Å². The van der Waals surface area contributed by atoms with Crippen LogP contribution in [0, 0.1) is 5.82 Å². The number of nitrogens with one attached hydrogen (secondary N) is 1. The largest absolute Gasteiger partial charge is 0.488 e. The minimum atomic E-state index is -0.317. The van der Waals surface area contributed by atoms with E-state index in [1.165, 1.54) is 25.4 Å². The third-order valence-electron chi connectivity index (χ3n) is 5.50. The number of carbonyl (C=O) groups is 1. The summed E-state index contributed by atoms with van der Waals surface area (Å²) in [6.07, 6.45) is 1.22.